The topological polar surface area (TPSA) is 88.3 Å². The van der Waals surface area contributed by atoms with Crippen molar-refractivity contribution < 1.29 is 9.59 Å². The summed E-state index contributed by atoms with van der Waals surface area (Å²) in [4.78, 5) is 30.2. The van der Waals surface area contributed by atoms with E-state index in [9.17, 15) is 9.59 Å². The number of likely N-dealkylation sites (tertiary alicyclic amines) is 1. The highest BCUT2D eigenvalue weighted by Gasteiger charge is 2.16. The molecule has 6 nitrogen and oxygen atoms in total. The molecule has 2 amide bonds. The van der Waals surface area contributed by atoms with Crippen LogP contribution in [0.4, 0.5) is 0 Å². The van der Waals surface area contributed by atoms with E-state index in [2.05, 4.69) is 10.3 Å². The summed E-state index contributed by atoms with van der Waals surface area (Å²) < 4.78 is 0. The number of amides is 2. The SMILES string of the molecule is Cl.NCCc1nc(C(=O)NCCC(=O)N2CCCCCC2)cs1. The van der Waals surface area contributed by atoms with E-state index in [-0.39, 0.29) is 24.2 Å². The molecule has 0 atom stereocenters. The van der Waals surface area contributed by atoms with Crippen molar-refractivity contribution in [3.63, 3.8) is 0 Å². The van der Waals surface area contributed by atoms with Crippen LogP contribution < -0.4 is 11.1 Å². The first kappa shape index (κ1) is 19.9. The van der Waals surface area contributed by atoms with Gasteiger partial charge >= 0.3 is 0 Å². The number of nitrogens with two attached hydrogens (primary N) is 1. The summed E-state index contributed by atoms with van der Waals surface area (Å²) in [5.74, 6) is -0.0903. The fraction of sp³-hybridized carbons (Fsp3) is 0.667. The van der Waals surface area contributed by atoms with Crippen molar-refractivity contribution in [3.8, 4) is 0 Å². The van der Waals surface area contributed by atoms with Crippen molar-refractivity contribution in [1.82, 2.24) is 15.2 Å². The number of nitrogens with one attached hydrogen (secondary N) is 1. The average molecular weight is 361 g/mol. The van der Waals surface area contributed by atoms with Crippen LogP contribution in [0.1, 0.15) is 47.6 Å². The lowest BCUT2D eigenvalue weighted by atomic mass is 10.2. The van der Waals surface area contributed by atoms with Crippen LogP contribution in [0.5, 0.6) is 0 Å². The van der Waals surface area contributed by atoms with Gasteiger partial charge in [-0.05, 0) is 19.4 Å². The van der Waals surface area contributed by atoms with Gasteiger partial charge < -0.3 is 16.0 Å². The highest BCUT2D eigenvalue weighted by Crippen LogP contribution is 2.11. The van der Waals surface area contributed by atoms with Crippen molar-refractivity contribution in [2.75, 3.05) is 26.2 Å². The summed E-state index contributed by atoms with van der Waals surface area (Å²) in [6.45, 7) is 2.58. The van der Waals surface area contributed by atoms with E-state index < -0.39 is 0 Å². The number of hydrogen-bond donors (Lipinski definition) is 2. The fourth-order valence-corrected chi connectivity index (χ4v) is 3.30. The zero-order chi connectivity index (χ0) is 15.8. The summed E-state index contributed by atoms with van der Waals surface area (Å²) in [5, 5.41) is 5.37. The Hall–Kier alpha value is -1.18. The molecule has 2 heterocycles. The van der Waals surface area contributed by atoms with Gasteiger partial charge in [-0.1, -0.05) is 12.8 Å². The Morgan fingerprint density at radius 3 is 2.61 bits per heavy atom. The molecular weight excluding hydrogens is 336 g/mol. The first-order valence-electron chi connectivity index (χ1n) is 7.91. The molecule has 8 heteroatoms. The van der Waals surface area contributed by atoms with Gasteiger partial charge in [0.1, 0.15) is 5.69 Å². The van der Waals surface area contributed by atoms with E-state index in [1.54, 1.807) is 5.38 Å². The Kier molecular flexibility index (Phi) is 9.13. The van der Waals surface area contributed by atoms with Gasteiger partial charge in [0.05, 0.1) is 5.01 Å². The number of aromatic nitrogens is 1. The number of nitrogens with zero attached hydrogens (tertiary/aromatic N) is 2. The lowest BCUT2D eigenvalue weighted by Crippen LogP contribution is -2.35. The highest BCUT2D eigenvalue weighted by molar-refractivity contribution is 7.09. The van der Waals surface area contributed by atoms with Crippen LogP contribution in [-0.4, -0.2) is 47.9 Å². The Bertz CT molecular complexity index is 501. The monoisotopic (exact) mass is 360 g/mol. The van der Waals surface area contributed by atoms with E-state index in [1.807, 2.05) is 4.90 Å². The second-order valence-electron chi connectivity index (χ2n) is 5.47. The number of carbonyl (C=O) groups excluding carboxylic acids is 2. The molecule has 0 radical (unpaired) electrons. The smallest absolute Gasteiger partial charge is 0.270 e. The number of rotatable bonds is 6. The Balaban J connectivity index is 0.00000264. The molecule has 1 aromatic heterocycles. The zero-order valence-corrected chi connectivity index (χ0v) is 14.9. The quantitative estimate of drug-likeness (QED) is 0.806. The Morgan fingerprint density at radius 1 is 1.26 bits per heavy atom. The van der Waals surface area contributed by atoms with Gasteiger partial charge in [-0.2, -0.15) is 0 Å². The van der Waals surface area contributed by atoms with E-state index in [4.69, 9.17) is 5.73 Å². The third-order valence-corrected chi connectivity index (χ3v) is 4.63. The summed E-state index contributed by atoms with van der Waals surface area (Å²) in [7, 11) is 0. The van der Waals surface area contributed by atoms with E-state index >= 15 is 0 Å². The molecule has 0 aliphatic carbocycles. The fourth-order valence-electron chi connectivity index (χ4n) is 2.51. The lowest BCUT2D eigenvalue weighted by Gasteiger charge is -2.20. The molecule has 3 N–H and O–H groups in total. The van der Waals surface area contributed by atoms with Crippen molar-refractivity contribution in [2.45, 2.75) is 38.5 Å². The number of hydrogen-bond acceptors (Lipinski definition) is 5. The van der Waals surface area contributed by atoms with Crippen molar-refractivity contribution in [3.05, 3.63) is 16.1 Å². The molecule has 1 aromatic rings. The van der Waals surface area contributed by atoms with Crippen LogP contribution in [0.2, 0.25) is 0 Å². The first-order chi connectivity index (χ1) is 10.7. The number of halogens is 1. The normalized spacial score (nSPS) is 14.7. The minimum atomic E-state index is -0.219. The predicted octanol–water partition coefficient (Wildman–Crippen LogP) is 1.59. The summed E-state index contributed by atoms with van der Waals surface area (Å²) in [6, 6.07) is 0. The minimum Gasteiger partial charge on any atom is -0.350 e. The molecule has 1 aliphatic rings. The van der Waals surface area contributed by atoms with Crippen LogP contribution in [0.15, 0.2) is 5.38 Å². The molecule has 23 heavy (non-hydrogen) atoms. The molecule has 0 unspecified atom stereocenters. The van der Waals surface area contributed by atoms with Crippen molar-refractivity contribution >= 4 is 35.6 Å². The van der Waals surface area contributed by atoms with Gasteiger partial charge in [-0.3, -0.25) is 9.59 Å². The molecule has 1 aliphatic heterocycles. The first-order valence-corrected chi connectivity index (χ1v) is 8.79. The molecule has 1 fully saturated rings. The molecule has 2 rings (SSSR count). The third-order valence-electron chi connectivity index (χ3n) is 3.73. The maximum Gasteiger partial charge on any atom is 0.270 e. The van der Waals surface area contributed by atoms with E-state index in [1.165, 1.54) is 24.2 Å². The minimum absolute atomic E-state index is 0. The van der Waals surface area contributed by atoms with Gasteiger partial charge in [-0.15, -0.1) is 23.7 Å². The van der Waals surface area contributed by atoms with E-state index in [0.29, 0.717) is 31.6 Å². The maximum atomic E-state index is 12.1. The molecule has 0 saturated carbocycles. The van der Waals surface area contributed by atoms with Gasteiger partial charge in [-0.25, -0.2) is 4.98 Å². The second kappa shape index (κ2) is 10.6. The van der Waals surface area contributed by atoms with E-state index in [0.717, 1.165) is 30.9 Å². The number of thiazole rings is 1. The van der Waals surface area contributed by atoms with Crippen LogP contribution in [0.25, 0.3) is 0 Å². The van der Waals surface area contributed by atoms with Crippen molar-refractivity contribution in [2.24, 2.45) is 5.73 Å². The zero-order valence-electron chi connectivity index (χ0n) is 13.3. The van der Waals surface area contributed by atoms with Gasteiger partial charge in [0.2, 0.25) is 5.91 Å². The van der Waals surface area contributed by atoms with Crippen molar-refractivity contribution in [1.29, 1.82) is 0 Å². The molecule has 0 spiro atoms. The van der Waals surface area contributed by atoms with Crippen LogP contribution in [0, 0.1) is 0 Å². The molecule has 1 saturated heterocycles. The van der Waals surface area contributed by atoms with Gasteiger partial charge in [0, 0.05) is 37.9 Å². The van der Waals surface area contributed by atoms with Crippen LogP contribution in [0.3, 0.4) is 0 Å². The maximum absolute atomic E-state index is 12.1. The summed E-state index contributed by atoms with van der Waals surface area (Å²) >= 11 is 1.44. The predicted molar refractivity (Wildman–Crippen MR) is 94.1 cm³/mol. The van der Waals surface area contributed by atoms with Gasteiger partial charge in [0.15, 0.2) is 0 Å². The third kappa shape index (κ3) is 6.45. The second-order valence-corrected chi connectivity index (χ2v) is 6.41. The average Bonchev–Trinajstić information content (AvgIpc) is 2.81. The highest BCUT2D eigenvalue weighted by atomic mass is 35.5. The lowest BCUT2D eigenvalue weighted by molar-refractivity contribution is -0.131. The summed E-state index contributed by atoms with van der Waals surface area (Å²) in [5.41, 5.74) is 5.88. The van der Waals surface area contributed by atoms with Gasteiger partial charge in [0.25, 0.3) is 5.91 Å². The Labute approximate surface area is 147 Å². The number of carbonyl (C=O) groups is 2. The largest absolute Gasteiger partial charge is 0.350 e. The molecule has 130 valence electrons. The summed E-state index contributed by atoms with van der Waals surface area (Å²) in [6.07, 6.45) is 5.61. The Morgan fingerprint density at radius 2 is 1.96 bits per heavy atom. The molecule has 0 bridgehead atoms. The standard InChI is InChI=1S/C15H24N4O2S.ClH/c16-7-5-13-18-12(11-22-13)15(21)17-8-6-14(20)19-9-3-1-2-4-10-19;/h11H,1-10,16H2,(H,17,21);1H. The molecule has 0 aromatic carbocycles. The molecular formula is C15H25ClN4O2S. The van der Waals surface area contributed by atoms with Crippen LogP contribution >= 0.6 is 23.7 Å². The van der Waals surface area contributed by atoms with Crippen LogP contribution in [-0.2, 0) is 11.2 Å².